The van der Waals surface area contributed by atoms with Gasteiger partial charge in [-0.3, -0.25) is 10.1 Å². The lowest BCUT2D eigenvalue weighted by atomic mass is 10.0. The summed E-state index contributed by atoms with van der Waals surface area (Å²) < 4.78 is 13.1. The van der Waals surface area contributed by atoms with E-state index in [1.807, 2.05) is 5.38 Å². The highest BCUT2D eigenvalue weighted by Gasteiger charge is 2.15. The second-order valence-corrected chi connectivity index (χ2v) is 6.66. The monoisotopic (exact) mass is 341 g/mol. The van der Waals surface area contributed by atoms with Crippen LogP contribution in [-0.2, 0) is 0 Å². The van der Waals surface area contributed by atoms with Crippen LogP contribution in [0, 0.1) is 11.7 Å². The Balaban J connectivity index is 2.06. The Kier molecular flexibility index (Phi) is 5.50. The van der Waals surface area contributed by atoms with Gasteiger partial charge in [0.1, 0.15) is 5.82 Å². The summed E-state index contributed by atoms with van der Waals surface area (Å²) >= 11 is 6.98. The van der Waals surface area contributed by atoms with Gasteiger partial charge < -0.3 is 5.73 Å². The molecule has 0 fully saturated rings. The molecule has 0 aliphatic heterocycles. The summed E-state index contributed by atoms with van der Waals surface area (Å²) in [5, 5.41) is 4.87. The molecule has 3 N–H and O–H groups in total. The van der Waals surface area contributed by atoms with Gasteiger partial charge in [-0.1, -0.05) is 25.4 Å². The average molecular weight is 342 g/mol. The zero-order chi connectivity index (χ0) is 16.3. The third kappa shape index (κ3) is 4.25. The molecule has 2 aromatic rings. The summed E-state index contributed by atoms with van der Waals surface area (Å²) in [7, 11) is 0. The van der Waals surface area contributed by atoms with Gasteiger partial charge in [0.25, 0.3) is 5.91 Å². The summed E-state index contributed by atoms with van der Waals surface area (Å²) in [4.78, 5) is 16.4. The Hall–Kier alpha value is -1.50. The van der Waals surface area contributed by atoms with Gasteiger partial charge >= 0.3 is 0 Å². The average Bonchev–Trinajstić information content (AvgIpc) is 2.89. The minimum Gasteiger partial charge on any atom is -0.323 e. The first-order chi connectivity index (χ1) is 10.4. The predicted molar refractivity (Wildman–Crippen MR) is 87.9 cm³/mol. The van der Waals surface area contributed by atoms with Gasteiger partial charge in [-0.2, -0.15) is 0 Å². The molecule has 1 heterocycles. The van der Waals surface area contributed by atoms with E-state index in [2.05, 4.69) is 24.1 Å². The van der Waals surface area contributed by atoms with Gasteiger partial charge in [-0.05, 0) is 30.5 Å². The first-order valence-corrected chi connectivity index (χ1v) is 8.10. The number of amides is 1. The largest absolute Gasteiger partial charge is 0.323 e. The van der Waals surface area contributed by atoms with E-state index in [0.29, 0.717) is 11.0 Å². The Morgan fingerprint density at radius 1 is 1.50 bits per heavy atom. The molecule has 0 aliphatic rings. The number of anilines is 1. The number of nitrogens with one attached hydrogen (secondary N) is 1. The number of carbonyl (C=O) groups excluding carboxylic acids is 1. The fraction of sp³-hybridized carbons (Fsp3) is 0.333. The molecule has 0 bridgehead atoms. The first kappa shape index (κ1) is 16.9. The van der Waals surface area contributed by atoms with Crippen molar-refractivity contribution in [3.05, 3.63) is 45.7 Å². The van der Waals surface area contributed by atoms with Gasteiger partial charge in [0.2, 0.25) is 0 Å². The summed E-state index contributed by atoms with van der Waals surface area (Å²) in [6.45, 7) is 4.18. The number of aromatic nitrogens is 1. The van der Waals surface area contributed by atoms with Crippen molar-refractivity contribution < 1.29 is 9.18 Å². The molecule has 1 aromatic heterocycles. The van der Waals surface area contributed by atoms with Gasteiger partial charge in [-0.15, -0.1) is 11.3 Å². The molecule has 0 spiro atoms. The topological polar surface area (TPSA) is 68.0 Å². The standard InChI is InChI=1S/C15H17ClFN3OS/c1-8(2)5-12(18)13-7-22-15(19-13)20-14(21)9-3-4-11(17)10(16)6-9/h3-4,6-8,12H,5,18H2,1-2H3,(H,19,20,21). The van der Waals surface area contributed by atoms with Crippen molar-refractivity contribution in [2.75, 3.05) is 5.32 Å². The number of rotatable bonds is 5. The molecule has 1 unspecified atom stereocenters. The van der Waals surface area contributed by atoms with Crippen LogP contribution in [0.5, 0.6) is 0 Å². The molecular weight excluding hydrogens is 325 g/mol. The van der Waals surface area contributed by atoms with Crippen molar-refractivity contribution in [3.8, 4) is 0 Å². The van der Waals surface area contributed by atoms with Crippen LogP contribution in [0.15, 0.2) is 23.6 Å². The van der Waals surface area contributed by atoms with Crippen LogP contribution >= 0.6 is 22.9 Å². The third-order valence-corrected chi connectivity index (χ3v) is 4.10. The highest BCUT2D eigenvalue weighted by atomic mass is 35.5. The summed E-state index contributed by atoms with van der Waals surface area (Å²) in [6.07, 6.45) is 0.824. The highest BCUT2D eigenvalue weighted by molar-refractivity contribution is 7.14. The first-order valence-electron chi connectivity index (χ1n) is 6.84. The minimum absolute atomic E-state index is 0.0913. The predicted octanol–water partition coefficient (Wildman–Crippen LogP) is 4.23. The number of nitrogens with two attached hydrogens (primary N) is 1. The number of benzene rings is 1. The van der Waals surface area contributed by atoms with Crippen LogP contribution in [0.2, 0.25) is 5.02 Å². The number of carbonyl (C=O) groups is 1. The Labute approximate surface area is 137 Å². The van der Waals surface area contributed by atoms with Crippen LogP contribution in [0.4, 0.5) is 9.52 Å². The van der Waals surface area contributed by atoms with Crippen molar-refractivity contribution in [2.45, 2.75) is 26.3 Å². The Bertz CT molecular complexity index is 675. The van der Waals surface area contributed by atoms with Crippen molar-refractivity contribution in [2.24, 2.45) is 11.7 Å². The zero-order valence-electron chi connectivity index (χ0n) is 12.3. The molecule has 118 valence electrons. The van der Waals surface area contributed by atoms with Gasteiger partial charge in [0.05, 0.1) is 10.7 Å². The molecule has 1 aromatic carbocycles. The van der Waals surface area contributed by atoms with Crippen molar-refractivity contribution in [1.82, 2.24) is 4.98 Å². The Morgan fingerprint density at radius 3 is 2.86 bits per heavy atom. The molecule has 0 aliphatic carbocycles. The molecule has 4 nitrogen and oxygen atoms in total. The fourth-order valence-corrected chi connectivity index (χ4v) is 2.90. The second kappa shape index (κ2) is 7.17. The van der Waals surface area contributed by atoms with E-state index < -0.39 is 5.82 Å². The van der Waals surface area contributed by atoms with E-state index in [0.717, 1.165) is 18.2 Å². The zero-order valence-corrected chi connectivity index (χ0v) is 13.8. The van der Waals surface area contributed by atoms with Crippen LogP contribution < -0.4 is 11.1 Å². The van der Waals surface area contributed by atoms with Crippen molar-refractivity contribution in [1.29, 1.82) is 0 Å². The van der Waals surface area contributed by atoms with E-state index in [1.165, 1.54) is 23.5 Å². The van der Waals surface area contributed by atoms with E-state index in [9.17, 15) is 9.18 Å². The maximum absolute atomic E-state index is 13.1. The number of thiazole rings is 1. The molecular formula is C15H17ClFN3OS. The number of halogens is 2. The summed E-state index contributed by atoms with van der Waals surface area (Å²) in [5.74, 6) is -0.481. The van der Waals surface area contributed by atoms with Gasteiger partial charge in [0.15, 0.2) is 5.13 Å². The molecule has 1 amide bonds. The van der Waals surface area contributed by atoms with Crippen LogP contribution in [-0.4, -0.2) is 10.9 Å². The third-order valence-electron chi connectivity index (χ3n) is 3.03. The Morgan fingerprint density at radius 2 is 2.23 bits per heavy atom. The molecule has 2 rings (SSSR count). The highest BCUT2D eigenvalue weighted by Crippen LogP contribution is 2.24. The molecule has 22 heavy (non-hydrogen) atoms. The molecule has 0 saturated carbocycles. The van der Waals surface area contributed by atoms with Crippen molar-refractivity contribution >= 4 is 34.0 Å². The second-order valence-electron chi connectivity index (χ2n) is 5.40. The minimum atomic E-state index is -0.561. The van der Waals surface area contributed by atoms with Crippen LogP contribution in [0.25, 0.3) is 0 Å². The van der Waals surface area contributed by atoms with Gasteiger partial charge in [-0.25, -0.2) is 9.37 Å². The maximum Gasteiger partial charge on any atom is 0.257 e. The SMILES string of the molecule is CC(C)CC(N)c1csc(NC(=O)c2ccc(F)c(Cl)c2)n1. The maximum atomic E-state index is 13.1. The van der Waals surface area contributed by atoms with E-state index >= 15 is 0 Å². The van der Waals surface area contributed by atoms with Crippen molar-refractivity contribution in [3.63, 3.8) is 0 Å². The quantitative estimate of drug-likeness (QED) is 0.854. The molecule has 0 radical (unpaired) electrons. The normalized spacial score (nSPS) is 12.5. The lowest BCUT2D eigenvalue weighted by Gasteiger charge is -2.10. The van der Waals surface area contributed by atoms with E-state index in [-0.39, 0.29) is 22.5 Å². The lowest BCUT2D eigenvalue weighted by molar-refractivity contribution is 0.102. The molecule has 1 atom stereocenters. The van der Waals surface area contributed by atoms with Crippen LogP contribution in [0.3, 0.4) is 0 Å². The summed E-state index contributed by atoms with van der Waals surface area (Å²) in [5.41, 5.74) is 7.09. The van der Waals surface area contributed by atoms with Gasteiger partial charge in [0, 0.05) is 17.0 Å². The van der Waals surface area contributed by atoms with Crippen LogP contribution in [0.1, 0.15) is 42.4 Å². The molecule has 7 heteroatoms. The number of nitrogens with zero attached hydrogens (tertiary/aromatic N) is 1. The smallest absolute Gasteiger partial charge is 0.257 e. The number of hydrogen-bond acceptors (Lipinski definition) is 4. The number of hydrogen-bond donors (Lipinski definition) is 2. The summed E-state index contributed by atoms with van der Waals surface area (Å²) in [6, 6.07) is 3.66. The molecule has 0 saturated heterocycles. The van der Waals surface area contributed by atoms with E-state index in [1.54, 1.807) is 0 Å². The lowest BCUT2D eigenvalue weighted by Crippen LogP contribution is -2.14. The fourth-order valence-electron chi connectivity index (χ4n) is 1.95. The van der Waals surface area contributed by atoms with E-state index in [4.69, 9.17) is 17.3 Å².